The predicted molar refractivity (Wildman–Crippen MR) is 87.2 cm³/mol. The number of hydrogen-bond donors (Lipinski definition) is 2. The van der Waals surface area contributed by atoms with Crippen molar-refractivity contribution in [1.82, 2.24) is 10.3 Å². The molecule has 0 spiro atoms. The van der Waals surface area contributed by atoms with Crippen LogP contribution in [0.15, 0.2) is 23.0 Å². The van der Waals surface area contributed by atoms with E-state index in [1.807, 2.05) is 19.1 Å². The van der Waals surface area contributed by atoms with Gasteiger partial charge in [0.15, 0.2) is 11.5 Å². The molecule has 0 saturated heterocycles. The number of fused-ring (bicyclic) bond motifs is 2. The average molecular weight is 316 g/mol. The van der Waals surface area contributed by atoms with Crippen molar-refractivity contribution in [2.75, 3.05) is 19.8 Å². The van der Waals surface area contributed by atoms with E-state index in [1.165, 1.54) is 0 Å². The van der Waals surface area contributed by atoms with Gasteiger partial charge in [0.05, 0.1) is 5.52 Å². The number of pyridine rings is 1. The largest absolute Gasteiger partial charge is 0.486 e. The maximum Gasteiger partial charge on any atom is 0.251 e. The SMILES string of the molecule is CCCC(=O)NCCc1cc2cc3c(cc2[nH]c1=O)OCCO3. The molecular weight excluding hydrogens is 296 g/mol. The van der Waals surface area contributed by atoms with E-state index in [9.17, 15) is 9.59 Å². The van der Waals surface area contributed by atoms with Crippen LogP contribution in [0.2, 0.25) is 0 Å². The van der Waals surface area contributed by atoms with Crippen LogP contribution >= 0.6 is 0 Å². The van der Waals surface area contributed by atoms with Gasteiger partial charge < -0.3 is 19.8 Å². The minimum absolute atomic E-state index is 0.0179. The van der Waals surface area contributed by atoms with Gasteiger partial charge in [-0.1, -0.05) is 6.92 Å². The quantitative estimate of drug-likeness (QED) is 0.881. The van der Waals surface area contributed by atoms with Crippen LogP contribution < -0.4 is 20.3 Å². The second kappa shape index (κ2) is 6.73. The van der Waals surface area contributed by atoms with Crippen molar-refractivity contribution >= 4 is 16.8 Å². The van der Waals surface area contributed by atoms with Crippen LogP contribution in [0.3, 0.4) is 0 Å². The van der Waals surface area contributed by atoms with Gasteiger partial charge in [-0.25, -0.2) is 0 Å². The van der Waals surface area contributed by atoms with E-state index < -0.39 is 0 Å². The number of aromatic amines is 1. The highest BCUT2D eigenvalue weighted by atomic mass is 16.6. The Morgan fingerprint density at radius 1 is 1.22 bits per heavy atom. The monoisotopic (exact) mass is 316 g/mol. The Kier molecular flexibility index (Phi) is 4.50. The summed E-state index contributed by atoms with van der Waals surface area (Å²) in [6, 6.07) is 5.51. The van der Waals surface area contributed by atoms with Gasteiger partial charge in [0.2, 0.25) is 5.91 Å². The van der Waals surface area contributed by atoms with E-state index in [-0.39, 0.29) is 11.5 Å². The summed E-state index contributed by atoms with van der Waals surface area (Å²) in [4.78, 5) is 26.5. The van der Waals surface area contributed by atoms with Crippen molar-refractivity contribution < 1.29 is 14.3 Å². The molecule has 0 unspecified atom stereocenters. The fourth-order valence-electron chi connectivity index (χ4n) is 2.63. The lowest BCUT2D eigenvalue weighted by Crippen LogP contribution is -2.27. The molecule has 6 heteroatoms. The molecule has 0 aliphatic carbocycles. The van der Waals surface area contributed by atoms with Gasteiger partial charge >= 0.3 is 0 Å². The summed E-state index contributed by atoms with van der Waals surface area (Å²) in [5.41, 5.74) is 1.22. The summed E-state index contributed by atoms with van der Waals surface area (Å²) in [5, 5.41) is 3.71. The third-order valence-corrected chi connectivity index (χ3v) is 3.78. The van der Waals surface area contributed by atoms with Crippen molar-refractivity contribution in [2.24, 2.45) is 0 Å². The zero-order valence-corrected chi connectivity index (χ0v) is 13.1. The van der Waals surface area contributed by atoms with E-state index in [0.717, 1.165) is 17.3 Å². The van der Waals surface area contributed by atoms with E-state index in [0.29, 0.717) is 49.7 Å². The highest BCUT2D eigenvalue weighted by Crippen LogP contribution is 2.33. The van der Waals surface area contributed by atoms with Crippen LogP contribution in [-0.4, -0.2) is 30.6 Å². The lowest BCUT2D eigenvalue weighted by molar-refractivity contribution is -0.121. The lowest BCUT2D eigenvalue weighted by atomic mass is 10.1. The summed E-state index contributed by atoms with van der Waals surface area (Å²) in [6.07, 6.45) is 1.82. The number of benzene rings is 1. The number of nitrogens with one attached hydrogen (secondary N) is 2. The molecule has 0 saturated carbocycles. The number of rotatable bonds is 5. The molecule has 3 rings (SSSR count). The van der Waals surface area contributed by atoms with Crippen LogP contribution in [0.1, 0.15) is 25.3 Å². The van der Waals surface area contributed by atoms with Crippen molar-refractivity contribution in [3.8, 4) is 11.5 Å². The summed E-state index contributed by atoms with van der Waals surface area (Å²) < 4.78 is 11.1. The highest BCUT2D eigenvalue weighted by molar-refractivity contribution is 5.83. The molecule has 0 atom stereocenters. The molecule has 2 N–H and O–H groups in total. The topological polar surface area (TPSA) is 80.4 Å². The number of ether oxygens (including phenoxy) is 2. The maximum absolute atomic E-state index is 12.2. The van der Waals surface area contributed by atoms with Crippen molar-refractivity contribution in [3.63, 3.8) is 0 Å². The second-order valence-corrected chi connectivity index (χ2v) is 5.56. The Morgan fingerprint density at radius 2 is 1.96 bits per heavy atom. The number of carbonyl (C=O) groups is 1. The van der Waals surface area contributed by atoms with Gasteiger partial charge in [-0.3, -0.25) is 9.59 Å². The van der Waals surface area contributed by atoms with E-state index >= 15 is 0 Å². The Hall–Kier alpha value is -2.50. The number of H-pyrrole nitrogens is 1. The molecule has 1 aromatic carbocycles. The van der Waals surface area contributed by atoms with Crippen LogP contribution in [0.5, 0.6) is 11.5 Å². The first-order valence-corrected chi connectivity index (χ1v) is 7.89. The molecule has 1 aliphatic rings. The first-order valence-electron chi connectivity index (χ1n) is 7.89. The fraction of sp³-hybridized carbons (Fsp3) is 0.412. The first kappa shape index (κ1) is 15.4. The molecule has 0 fully saturated rings. The van der Waals surface area contributed by atoms with E-state index in [4.69, 9.17) is 9.47 Å². The summed E-state index contributed by atoms with van der Waals surface area (Å²) in [6.45, 7) is 3.45. The number of hydrogen-bond acceptors (Lipinski definition) is 4. The van der Waals surface area contributed by atoms with Gasteiger partial charge in [-0.15, -0.1) is 0 Å². The molecule has 2 aromatic rings. The third-order valence-electron chi connectivity index (χ3n) is 3.78. The summed E-state index contributed by atoms with van der Waals surface area (Å²) >= 11 is 0. The standard InChI is InChI=1S/C17H20N2O4/c1-2-3-16(20)18-5-4-11-8-12-9-14-15(23-7-6-22-14)10-13(12)19-17(11)21/h8-10H,2-7H2,1H3,(H,18,20)(H,19,21). The predicted octanol–water partition coefficient (Wildman–Crippen LogP) is 1.76. The molecule has 1 amide bonds. The van der Waals surface area contributed by atoms with E-state index in [1.54, 1.807) is 6.07 Å². The summed E-state index contributed by atoms with van der Waals surface area (Å²) in [5.74, 6) is 1.36. The van der Waals surface area contributed by atoms with Gasteiger partial charge in [0, 0.05) is 30.0 Å². The molecule has 122 valence electrons. The van der Waals surface area contributed by atoms with Crippen LogP contribution in [0.25, 0.3) is 10.9 Å². The molecule has 23 heavy (non-hydrogen) atoms. The van der Waals surface area contributed by atoms with Gasteiger partial charge in [-0.05, 0) is 25.0 Å². The van der Waals surface area contributed by atoms with Crippen molar-refractivity contribution in [2.45, 2.75) is 26.2 Å². The fourth-order valence-corrected chi connectivity index (χ4v) is 2.63. The van der Waals surface area contributed by atoms with Gasteiger partial charge in [0.1, 0.15) is 13.2 Å². The Morgan fingerprint density at radius 3 is 2.70 bits per heavy atom. The molecule has 0 bridgehead atoms. The van der Waals surface area contributed by atoms with Gasteiger partial charge in [0.25, 0.3) is 5.56 Å². The lowest BCUT2D eigenvalue weighted by Gasteiger charge is -2.18. The second-order valence-electron chi connectivity index (χ2n) is 5.56. The number of aromatic nitrogens is 1. The average Bonchev–Trinajstić information content (AvgIpc) is 2.54. The zero-order valence-electron chi connectivity index (χ0n) is 13.1. The molecule has 6 nitrogen and oxygen atoms in total. The Balaban J connectivity index is 1.80. The first-order chi connectivity index (χ1) is 11.2. The van der Waals surface area contributed by atoms with Gasteiger partial charge in [-0.2, -0.15) is 0 Å². The minimum atomic E-state index is -0.140. The van der Waals surface area contributed by atoms with Crippen LogP contribution in [-0.2, 0) is 11.2 Å². The maximum atomic E-state index is 12.2. The third kappa shape index (κ3) is 3.47. The smallest absolute Gasteiger partial charge is 0.251 e. The molecule has 0 radical (unpaired) electrons. The number of amides is 1. The van der Waals surface area contributed by atoms with Crippen molar-refractivity contribution in [1.29, 1.82) is 0 Å². The minimum Gasteiger partial charge on any atom is -0.486 e. The normalized spacial score (nSPS) is 13.1. The van der Waals surface area contributed by atoms with Crippen molar-refractivity contribution in [3.05, 3.63) is 34.1 Å². The van der Waals surface area contributed by atoms with Crippen LogP contribution in [0.4, 0.5) is 0 Å². The Bertz CT molecular complexity index is 782. The van der Waals surface area contributed by atoms with E-state index in [2.05, 4.69) is 10.3 Å². The molecular formula is C17H20N2O4. The molecule has 1 aromatic heterocycles. The molecule has 2 heterocycles. The summed E-state index contributed by atoms with van der Waals surface area (Å²) in [7, 11) is 0. The van der Waals surface area contributed by atoms with Crippen LogP contribution in [0, 0.1) is 0 Å². The molecule has 1 aliphatic heterocycles. The zero-order chi connectivity index (χ0) is 16.2. The number of carbonyl (C=O) groups excluding carboxylic acids is 1. The Labute approximate surface area is 133 Å². The highest BCUT2D eigenvalue weighted by Gasteiger charge is 2.14.